The smallest absolute Gasteiger partial charge is 0.264 e. The molecule has 0 unspecified atom stereocenters. The molecular weight excluding hydrogens is 364 g/mol. The first-order valence-corrected chi connectivity index (χ1v) is 10.5. The highest BCUT2D eigenvalue weighted by molar-refractivity contribution is 7.92. The number of benzene rings is 2. The zero-order valence-corrected chi connectivity index (χ0v) is 16.0. The van der Waals surface area contributed by atoms with Crippen LogP contribution in [0.3, 0.4) is 0 Å². The molecule has 2 aliphatic heterocycles. The fraction of sp³-hybridized carbons (Fsp3) is 0.350. The van der Waals surface area contributed by atoms with E-state index in [1.807, 2.05) is 13.0 Å². The Morgan fingerprint density at radius 3 is 2.48 bits per heavy atom. The molecule has 1 saturated heterocycles. The van der Waals surface area contributed by atoms with Gasteiger partial charge in [-0.25, -0.2) is 8.42 Å². The predicted octanol–water partition coefficient (Wildman–Crippen LogP) is 2.30. The second kappa shape index (κ2) is 6.98. The molecular formula is C20H22N2O4S. The van der Waals surface area contributed by atoms with Gasteiger partial charge in [-0.1, -0.05) is 18.2 Å². The number of anilines is 1. The number of carbonyl (C=O) groups excluding carboxylic acids is 1. The highest BCUT2D eigenvalue weighted by atomic mass is 32.2. The molecule has 0 spiro atoms. The summed E-state index contributed by atoms with van der Waals surface area (Å²) < 4.78 is 33.0. The van der Waals surface area contributed by atoms with Crippen LogP contribution in [0.15, 0.2) is 53.4 Å². The lowest BCUT2D eigenvalue weighted by Gasteiger charge is -2.27. The molecule has 0 saturated carbocycles. The van der Waals surface area contributed by atoms with Gasteiger partial charge in [0.05, 0.1) is 23.8 Å². The van der Waals surface area contributed by atoms with Crippen LogP contribution in [0.5, 0.6) is 0 Å². The summed E-state index contributed by atoms with van der Waals surface area (Å²) in [4.78, 5) is 14.8. The van der Waals surface area contributed by atoms with Gasteiger partial charge in [-0.2, -0.15) is 0 Å². The number of ether oxygens (including phenoxy) is 1. The monoisotopic (exact) mass is 386 g/mol. The van der Waals surface area contributed by atoms with Crippen LogP contribution in [-0.4, -0.2) is 51.6 Å². The van der Waals surface area contributed by atoms with Gasteiger partial charge in [-0.15, -0.1) is 0 Å². The SMILES string of the molecule is C[C@@H]1Cc2cc(C(=O)N3CCOCC3)ccc2N1S(=O)(=O)c1ccccc1. The van der Waals surface area contributed by atoms with Gasteiger partial charge in [0.15, 0.2) is 0 Å². The van der Waals surface area contributed by atoms with Gasteiger partial charge in [-0.05, 0) is 49.2 Å². The van der Waals surface area contributed by atoms with Gasteiger partial charge in [0.1, 0.15) is 0 Å². The van der Waals surface area contributed by atoms with E-state index in [2.05, 4.69) is 0 Å². The van der Waals surface area contributed by atoms with Crippen molar-refractivity contribution in [2.75, 3.05) is 30.6 Å². The Hall–Kier alpha value is -2.38. The molecule has 1 amide bonds. The van der Waals surface area contributed by atoms with Crippen LogP contribution in [0.25, 0.3) is 0 Å². The lowest BCUT2D eigenvalue weighted by atomic mass is 10.1. The molecule has 4 rings (SSSR count). The number of hydrogen-bond acceptors (Lipinski definition) is 4. The number of morpholine rings is 1. The van der Waals surface area contributed by atoms with Crippen LogP contribution in [-0.2, 0) is 21.2 Å². The molecule has 1 fully saturated rings. The summed E-state index contributed by atoms with van der Waals surface area (Å²) >= 11 is 0. The Bertz CT molecular complexity index is 953. The Morgan fingerprint density at radius 1 is 1.07 bits per heavy atom. The predicted molar refractivity (Wildman–Crippen MR) is 102 cm³/mol. The molecule has 1 atom stereocenters. The average molecular weight is 386 g/mol. The summed E-state index contributed by atoms with van der Waals surface area (Å²) in [7, 11) is -3.63. The molecule has 0 aromatic heterocycles. The molecule has 2 aromatic rings. The van der Waals surface area contributed by atoms with Crippen LogP contribution in [0.2, 0.25) is 0 Å². The maximum atomic E-state index is 13.1. The topological polar surface area (TPSA) is 66.9 Å². The number of hydrogen-bond donors (Lipinski definition) is 0. The number of amides is 1. The Kier molecular flexibility index (Phi) is 4.65. The fourth-order valence-electron chi connectivity index (χ4n) is 3.76. The first kappa shape index (κ1) is 18.0. The number of carbonyl (C=O) groups is 1. The summed E-state index contributed by atoms with van der Waals surface area (Å²) in [6.45, 7) is 4.17. The molecule has 0 N–H and O–H groups in total. The Balaban J connectivity index is 1.66. The van der Waals surface area contributed by atoms with Crippen molar-refractivity contribution in [1.82, 2.24) is 4.90 Å². The van der Waals surface area contributed by atoms with E-state index in [1.54, 1.807) is 47.4 Å². The first-order chi connectivity index (χ1) is 13.0. The summed E-state index contributed by atoms with van der Waals surface area (Å²) in [5, 5.41) is 0. The molecule has 142 valence electrons. The molecule has 7 heteroatoms. The molecule has 0 aliphatic carbocycles. The van der Waals surface area contributed by atoms with Crippen molar-refractivity contribution >= 4 is 21.6 Å². The van der Waals surface area contributed by atoms with Crippen molar-refractivity contribution in [3.8, 4) is 0 Å². The van der Waals surface area contributed by atoms with E-state index in [0.717, 1.165) is 5.56 Å². The Morgan fingerprint density at radius 2 is 1.78 bits per heavy atom. The van der Waals surface area contributed by atoms with Gasteiger partial charge in [0.25, 0.3) is 15.9 Å². The van der Waals surface area contributed by atoms with Crippen molar-refractivity contribution in [1.29, 1.82) is 0 Å². The van der Waals surface area contributed by atoms with Gasteiger partial charge in [0, 0.05) is 24.7 Å². The van der Waals surface area contributed by atoms with E-state index in [1.165, 1.54) is 4.31 Å². The molecule has 2 aromatic carbocycles. The zero-order chi connectivity index (χ0) is 19.0. The van der Waals surface area contributed by atoms with Crippen LogP contribution < -0.4 is 4.31 Å². The number of sulfonamides is 1. The van der Waals surface area contributed by atoms with Crippen molar-refractivity contribution in [2.45, 2.75) is 24.3 Å². The normalized spacial score (nSPS) is 19.8. The lowest BCUT2D eigenvalue weighted by Crippen LogP contribution is -2.40. The second-order valence-corrected chi connectivity index (χ2v) is 8.73. The fourth-order valence-corrected chi connectivity index (χ4v) is 5.47. The molecule has 27 heavy (non-hydrogen) atoms. The molecule has 0 bridgehead atoms. The van der Waals surface area contributed by atoms with E-state index in [-0.39, 0.29) is 16.8 Å². The second-order valence-electron chi connectivity index (χ2n) is 6.92. The molecule has 6 nitrogen and oxygen atoms in total. The molecule has 0 radical (unpaired) electrons. The van der Waals surface area contributed by atoms with Crippen LogP contribution in [0.4, 0.5) is 5.69 Å². The average Bonchev–Trinajstić information content (AvgIpc) is 3.04. The minimum atomic E-state index is -3.63. The van der Waals surface area contributed by atoms with E-state index < -0.39 is 10.0 Å². The van der Waals surface area contributed by atoms with Crippen LogP contribution in [0.1, 0.15) is 22.8 Å². The summed E-state index contributed by atoms with van der Waals surface area (Å²) in [6, 6.07) is 13.6. The third-order valence-electron chi connectivity index (χ3n) is 5.08. The van der Waals surface area contributed by atoms with E-state index in [9.17, 15) is 13.2 Å². The first-order valence-electron chi connectivity index (χ1n) is 9.08. The van der Waals surface area contributed by atoms with E-state index in [0.29, 0.717) is 44.0 Å². The molecule has 2 aliphatic rings. The highest BCUT2D eigenvalue weighted by Gasteiger charge is 2.36. The van der Waals surface area contributed by atoms with Crippen molar-refractivity contribution < 1.29 is 17.9 Å². The van der Waals surface area contributed by atoms with Crippen molar-refractivity contribution in [3.05, 3.63) is 59.7 Å². The van der Waals surface area contributed by atoms with Gasteiger partial charge in [0.2, 0.25) is 0 Å². The summed E-state index contributed by atoms with van der Waals surface area (Å²) in [5.41, 5.74) is 2.15. The Labute approximate surface area is 159 Å². The quantitative estimate of drug-likeness (QED) is 0.812. The maximum Gasteiger partial charge on any atom is 0.264 e. The zero-order valence-electron chi connectivity index (χ0n) is 15.2. The number of rotatable bonds is 3. The van der Waals surface area contributed by atoms with Crippen molar-refractivity contribution in [3.63, 3.8) is 0 Å². The van der Waals surface area contributed by atoms with Crippen molar-refractivity contribution in [2.24, 2.45) is 0 Å². The lowest BCUT2D eigenvalue weighted by molar-refractivity contribution is 0.0303. The number of fused-ring (bicyclic) bond motifs is 1. The largest absolute Gasteiger partial charge is 0.378 e. The third kappa shape index (κ3) is 3.21. The van der Waals surface area contributed by atoms with Gasteiger partial charge < -0.3 is 9.64 Å². The summed E-state index contributed by atoms with van der Waals surface area (Å²) in [5.74, 6) is -0.0295. The highest BCUT2D eigenvalue weighted by Crippen LogP contribution is 2.37. The van der Waals surface area contributed by atoms with E-state index >= 15 is 0 Å². The van der Waals surface area contributed by atoms with E-state index in [4.69, 9.17) is 4.74 Å². The van der Waals surface area contributed by atoms with Crippen LogP contribution >= 0.6 is 0 Å². The minimum absolute atomic E-state index is 0.0295. The molecule has 2 heterocycles. The van der Waals surface area contributed by atoms with Crippen LogP contribution in [0, 0.1) is 0 Å². The standard InChI is InChI=1S/C20H22N2O4S/c1-15-13-17-14-16(20(23)21-9-11-26-12-10-21)7-8-19(17)22(15)27(24,25)18-5-3-2-4-6-18/h2-8,14-15H,9-13H2,1H3/t15-/m1/s1. The van der Waals surface area contributed by atoms with Gasteiger partial charge in [-0.3, -0.25) is 9.10 Å². The minimum Gasteiger partial charge on any atom is -0.378 e. The number of nitrogens with zero attached hydrogens (tertiary/aromatic N) is 2. The van der Waals surface area contributed by atoms with Gasteiger partial charge >= 0.3 is 0 Å². The summed E-state index contributed by atoms with van der Waals surface area (Å²) in [6.07, 6.45) is 0.589. The third-order valence-corrected chi connectivity index (χ3v) is 7.02. The maximum absolute atomic E-state index is 13.1.